The minimum atomic E-state index is -0.169. The molecule has 0 atom stereocenters. The first-order valence-electron chi connectivity index (χ1n) is 4.40. The number of aryl methyl sites for hydroxylation is 1. The lowest BCUT2D eigenvalue weighted by atomic mass is 10.6. The molecule has 74 valence electrons. The number of hydrogen-bond donors (Lipinski definition) is 0. The molecule has 0 aromatic carbocycles. The maximum Gasteiger partial charge on any atom is 0.243 e. The van der Waals surface area contributed by atoms with Crippen molar-refractivity contribution in [2.75, 3.05) is 14.2 Å². The highest BCUT2D eigenvalue weighted by atomic mass is 16.7. The molecule has 1 aromatic heterocycles. The summed E-state index contributed by atoms with van der Waals surface area (Å²) in [5.41, 5.74) is 0. The second-order valence-corrected chi connectivity index (χ2v) is 2.84. The van der Waals surface area contributed by atoms with Crippen LogP contribution in [-0.4, -0.2) is 25.1 Å². The van der Waals surface area contributed by atoms with Crippen molar-refractivity contribution >= 4 is 0 Å². The molecule has 13 heavy (non-hydrogen) atoms. The van der Waals surface area contributed by atoms with Crippen molar-refractivity contribution in [3.8, 4) is 0 Å². The van der Waals surface area contributed by atoms with E-state index in [4.69, 9.17) is 9.47 Å². The molecular weight excluding hydrogens is 168 g/mol. The van der Waals surface area contributed by atoms with E-state index < -0.39 is 0 Å². The van der Waals surface area contributed by atoms with E-state index in [-0.39, 0.29) is 6.29 Å². The Bertz CT molecular complexity index is 244. The van der Waals surface area contributed by atoms with Gasteiger partial charge in [-0.25, -0.2) is 9.13 Å². The van der Waals surface area contributed by atoms with Gasteiger partial charge in [-0.2, -0.15) is 0 Å². The third kappa shape index (κ3) is 2.82. The van der Waals surface area contributed by atoms with Crippen LogP contribution in [0.4, 0.5) is 0 Å². The molecule has 0 saturated heterocycles. The maximum absolute atomic E-state index is 5.09. The van der Waals surface area contributed by atoms with Gasteiger partial charge in [-0.05, 0) is 6.92 Å². The smallest absolute Gasteiger partial charge is 0.243 e. The van der Waals surface area contributed by atoms with Crippen LogP contribution in [0.5, 0.6) is 0 Å². The lowest BCUT2D eigenvalue weighted by Crippen LogP contribution is -2.39. The summed E-state index contributed by atoms with van der Waals surface area (Å²) in [5, 5.41) is 0. The number of aromatic nitrogens is 2. The topological polar surface area (TPSA) is 27.3 Å². The number of imidazole rings is 1. The minimum absolute atomic E-state index is 0.169. The van der Waals surface area contributed by atoms with Gasteiger partial charge in [0.25, 0.3) is 0 Å². The van der Waals surface area contributed by atoms with Crippen molar-refractivity contribution in [3.05, 3.63) is 18.7 Å². The lowest BCUT2D eigenvalue weighted by molar-refractivity contribution is -0.709. The molecule has 4 heteroatoms. The molecule has 0 unspecified atom stereocenters. The van der Waals surface area contributed by atoms with Crippen LogP contribution in [0.2, 0.25) is 0 Å². The van der Waals surface area contributed by atoms with E-state index in [0.717, 1.165) is 13.1 Å². The molecule has 0 bridgehead atoms. The first-order chi connectivity index (χ1) is 6.30. The Kier molecular flexibility index (Phi) is 3.92. The van der Waals surface area contributed by atoms with Gasteiger partial charge in [0, 0.05) is 14.2 Å². The second-order valence-electron chi connectivity index (χ2n) is 2.84. The Morgan fingerprint density at radius 3 is 2.54 bits per heavy atom. The molecule has 0 aliphatic carbocycles. The molecule has 0 saturated carbocycles. The standard InChI is InChI=1S/C9H17N2O2/c1-4-10-5-6-11(8-10)7-9(12-2)13-3/h5-6,8-9H,4,7H2,1-3H3/q+1. The van der Waals surface area contributed by atoms with Gasteiger partial charge in [0.1, 0.15) is 18.9 Å². The SMILES string of the molecule is CCn1cc[n+](CC(OC)OC)c1. The zero-order chi connectivity index (χ0) is 9.68. The van der Waals surface area contributed by atoms with Crippen LogP contribution in [0.15, 0.2) is 18.7 Å². The Labute approximate surface area is 78.7 Å². The number of hydrogen-bond acceptors (Lipinski definition) is 2. The summed E-state index contributed by atoms with van der Waals surface area (Å²) >= 11 is 0. The summed E-state index contributed by atoms with van der Waals surface area (Å²) in [6.07, 6.45) is 5.90. The van der Waals surface area contributed by atoms with Crippen molar-refractivity contribution in [2.45, 2.75) is 26.3 Å². The van der Waals surface area contributed by atoms with E-state index >= 15 is 0 Å². The first-order valence-corrected chi connectivity index (χ1v) is 4.40. The molecular formula is C9H17N2O2+. The van der Waals surface area contributed by atoms with Gasteiger partial charge >= 0.3 is 0 Å². The Morgan fingerprint density at radius 1 is 1.38 bits per heavy atom. The molecule has 1 aromatic rings. The minimum Gasteiger partial charge on any atom is -0.352 e. The summed E-state index contributed by atoms with van der Waals surface area (Å²) < 4.78 is 14.3. The third-order valence-corrected chi connectivity index (χ3v) is 2.00. The highest BCUT2D eigenvalue weighted by molar-refractivity contribution is 4.64. The van der Waals surface area contributed by atoms with E-state index in [1.54, 1.807) is 14.2 Å². The van der Waals surface area contributed by atoms with E-state index in [2.05, 4.69) is 11.5 Å². The third-order valence-electron chi connectivity index (χ3n) is 2.00. The second kappa shape index (κ2) is 4.99. The largest absolute Gasteiger partial charge is 0.352 e. The Hall–Kier alpha value is -0.870. The van der Waals surface area contributed by atoms with E-state index in [0.29, 0.717) is 0 Å². The van der Waals surface area contributed by atoms with Gasteiger partial charge in [0.2, 0.25) is 6.33 Å². The normalized spacial score (nSPS) is 11.1. The molecule has 0 N–H and O–H groups in total. The summed E-state index contributed by atoms with van der Waals surface area (Å²) in [5.74, 6) is 0. The van der Waals surface area contributed by atoms with Gasteiger partial charge in [0.05, 0.1) is 6.54 Å². The molecule has 1 rings (SSSR count). The molecule has 0 radical (unpaired) electrons. The summed E-state index contributed by atoms with van der Waals surface area (Å²) in [4.78, 5) is 0. The monoisotopic (exact) mass is 185 g/mol. The molecule has 0 aliphatic rings. The Balaban J connectivity index is 2.52. The van der Waals surface area contributed by atoms with Crippen LogP contribution in [0.1, 0.15) is 6.92 Å². The Morgan fingerprint density at radius 2 is 2.08 bits per heavy atom. The van der Waals surface area contributed by atoms with Crippen LogP contribution in [-0.2, 0) is 22.6 Å². The average Bonchev–Trinajstić information content (AvgIpc) is 2.61. The van der Waals surface area contributed by atoms with Crippen molar-refractivity contribution in [3.63, 3.8) is 0 Å². The van der Waals surface area contributed by atoms with Gasteiger partial charge < -0.3 is 9.47 Å². The fourth-order valence-corrected chi connectivity index (χ4v) is 1.15. The zero-order valence-corrected chi connectivity index (χ0v) is 8.43. The number of nitrogens with zero attached hydrogens (tertiary/aromatic N) is 2. The van der Waals surface area contributed by atoms with Crippen LogP contribution >= 0.6 is 0 Å². The molecule has 0 spiro atoms. The van der Waals surface area contributed by atoms with Crippen molar-refractivity contribution in [1.29, 1.82) is 0 Å². The number of methoxy groups -OCH3 is 2. The lowest BCUT2D eigenvalue weighted by Gasteiger charge is -2.09. The predicted molar refractivity (Wildman–Crippen MR) is 48.1 cm³/mol. The number of ether oxygens (including phenoxy) is 2. The van der Waals surface area contributed by atoms with Gasteiger partial charge in [0.15, 0.2) is 6.29 Å². The van der Waals surface area contributed by atoms with Crippen molar-refractivity contribution in [1.82, 2.24) is 4.57 Å². The van der Waals surface area contributed by atoms with Crippen LogP contribution in [0.25, 0.3) is 0 Å². The zero-order valence-electron chi connectivity index (χ0n) is 8.43. The van der Waals surface area contributed by atoms with Gasteiger partial charge in [-0.15, -0.1) is 0 Å². The summed E-state index contributed by atoms with van der Waals surface area (Å²) in [6.45, 7) is 3.81. The van der Waals surface area contributed by atoms with Crippen molar-refractivity contribution in [2.24, 2.45) is 0 Å². The van der Waals surface area contributed by atoms with E-state index in [1.807, 2.05) is 23.3 Å². The fraction of sp³-hybridized carbons (Fsp3) is 0.667. The molecule has 1 heterocycles. The van der Waals surface area contributed by atoms with Gasteiger partial charge in [-0.1, -0.05) is 0 Å². The van der Waals surface area contributed by atoms with Crippen LogP contribution in [0.3, 0.4) is 0 Å². The predicted octanol–water partition coefficient (Wildman–Crippen LogP) is 0.414. The highest BCUT2D eigenvalue weighted by Crippen LogP contribution is 1.91. The van der Waals surface area contributed by atoms with Crippen LogP contribution < -0.4 is 4.57 Å². The average molecular weight is 185 g/mol. The first kappa shape index (κ1) is 10.2. The highest BCUT2D eigenvalue weighted by Gasteiger charge is 2.10. The molecule has 4 nitrogen and oxygen atoms in total. The van der Waals surface area contributed by atoms with E-state index in [1.165, 1.54) is 0 Å². The summed E-state index contributed by atoms with van der Waals surface area (Å²) in [6, 6.07) is 0. The molecule has 0 fully saturated rings. The van der Waals surface area contributed by atoms with Gasteiger partial charge in [-0.3, -0.25) is 0 Å². The fourth-order valence-electron chi connectivity index (χ4n) is 1.15. The molecule has 0 amide bonds. The quantitative estimate of drug-likeness (QED) is 0.491. The van der Waals surface area contributed by atoms with Crippen molar-refractivity contribution < 1.29 is 14.0 Å². The van der Waals surface area contributed by atoms with E-state index in [9.17, 15) is 0 Å². The van der Waals surface area contributed by atoms with Crippen LogP contribution in [0, 0.1) is 0 Å². The summed E-state index contributed by atoms with van der Waals surface area (Å²) in [7, 11) is 3.29. The molecule has 0 aliphatic heterocycles. The number of rotatable bonds is 5. The maximum atomic E-state index is 5.09.